The number of carbonyl (C=O) groups excluding carboxylic acids is 1. The van der Waals surface area contributed by atoms with Crippen LogP contribution in [-0.4, -0.2) is 87.5 Å². The third-order valence-electron chi connectivity index (χ3n) is 9.36. The van der Waals surface area contributed by atoms with Gasteiger partial charge in [-0.25, -0.2) is 0 Å². The molecular formula is C38H73NO8. The number of hydrogen-bond acceptors (Lipinski definition) is 8. The first kappa shape index (κ1) is 44.0. The molecule has 278 valence electrons. The number of aliphatic hydroxyl groups is 5. The Hall–Kier alpha value is -1.07. The highest BCUT2D eigenvalue weighted by atomic mass is 16.7. The highest BCUT2D eigenvalue weighted by molar-refractivity contribution is 5.76. The van der Waals surface area contributed by atoms with Gasteiger partial charge >= 0.3 is 0 Å². The zero-order chi connectivity index (χ0) is 34.5. The Bertz CT molecular complexity index is 751. The molecule has 1 saturated heterocycles. The summed E-state index contributed by atoms with van der Waals surface area (Å²) in [5, 5.41) is 53.8. The lowest BCUT2D eigenvalue weighted by Crippen LogP contribution is -2.60. The average Bonchev–Trinajstić information content (AvgIpc) is 3.07. The van der Waals surface area contributed by atoms with Crippen LogP contribution in [0.1, 0.15) is 168 Å². The van der Waals surface area contributed by atoms with Gasteiger partial charge in [0.15, 0.2) is 6.29 Å². The van der Waals surface area contributed by atoms with Gasteiger partial charge in [-0.3, -0.25) is 4.79 Å². The van der Waals surface area contributed by atoms with Gasteiger partial charge in [0.05, 0.1) is 25.4 Å². The van der Waals surface area contributed by atoms with Gasteiger partial charge in [0.1, 0.15) is 24.4 Å². The van der Waals surface area contributed by atoms with Gasteiger partial charge in [-0.15, -0.1) is 0 Å². The first-order valence-electron chi connectivity index (χ1n) is 19.4. The summed E-state index contributed by atoms with van der Waals surface area (Å²) < 4.78 is 11.1. The predicted octanol–water partition coefficient (Wildman–Crippen LogP) is 6.61. The molecule has 0 aliphatic carbocycles. The zero-order valence-electron chi connectivity index (χ0n) is 30.0. The van der Waals surface area contributed by atoms with Crippen LogP contribution in [0.25, 0.3) is 0 Å². The standard InChI is InChI=1S/C38H73NO8/c1-3-5-7-9-11-13-15-16-18-19-21-23-25-27-32(41)31(30-46-38-37(45)36(44)35(43)33(29-40)47-38)39-34(42)28-26-24-22-20-17-14-12-10-8-6-4-2/h25,27,31-33,35-38,40-41,43-45H,3-24,26,28-30H2,1-2H3,(H,39,42). The van der Waals surface area contributed by atoms with Crippen molar-refractivity contribution in [3.05, 3.63) is 12.2 Å². The molecule has 1 aliphatic heterocycles. The highest BCUT2D eigenvalue weighted by Gasteiger charge is 2.44. The molecule has 47 heavy (non-hydrogen) atoms. The van der Waals surface area contributed by atoms with Crippen LogP contribution < -0.4 is 5.32 Å². The molecule has 0 aromatic carbocycles. The van der Waals surface area contributed by atoms with E-state index >= 15 is 0 Å². The summed E-state index contributed by atoms with van der Waals surface area (Å²) in [5.74, 6) is -0.179. The molecule has 1 amide bonds. The van der Waals surface area contributed by atoms with E-state index in [0.717, 1.165) is 38.5 Å². The largest absolute Gasteiger partial charge is 0.394 e. The summed E-state index contributed by atoms with van der Waals surface area (Å²) in [4.78, 5) is 12.8. The van der Waals surface area contributed by atoms with E-state index in [9.17, 15) is 30.3 Å². The Morgan fingerprint density at radius 1 is 0.702 bits per heavy atom. The molecule has 1 heterocycles. The van der Waals surface area contributed by atoms with E-state index in [0.29, 0.717) is 6.42 Å². The molecule has 0 spiro atoms. The van der Waals surface area contributed by atoms with Gasteiger partial charge in [-0.2, -0.15) is 0 Å². The minimum absolute atomic E-state index is 0.179. The van der Waals surface area contributed by atoms with Crippen molar-refractivity contribution in [2.45, 2.75) is 211 Å². The van der Waals surface area contributed by atoms with Crippen molar-refractivity contribution >= 4 is 5.91 Å². The van der Waals surface area contributed by atoms with Crippen LogP contribution in [0.2, 0.25) is 0 Å². The molecule has 0 saturated carbocycles. The monoisotopic (exact) mass is 672 g/mol. The number of rotatable bonds is 31. The lowest BCUT2D eigenvalue weighted by Gasteiger charge is -2.40. The fraction of sp³-hybridized carbons (Fsp3) is 0.921. The number of amides is 1. The van der Waals surface area contributed by atoms with Gasteiger partial charge in [0.25, 0.3) is 0 Å². The summed E-state index contributed by atoms with van der Waals surface area (Å²) in [7, 11) is 0. The van der Waals surface area contributed by atoms with Gasteiger partial charge < -0.3 is 40.3 Å². The molecule has 7 atom stereocenters. The van der Waals surface area contributed by atoms with Crippen LogP contribution in [0.5, 0.6) is 0 Å². The summed E-state index contributed by atoms with van der Waals surface area (Å²) in [5.41, 5.74) is 0. The smallest absolute Gasteiger partial charge is 0.220 e. The second kappa shape index (κ2) is 29.8. The van der Waals surface area contributed by atoms with Crippen molar-refractivity contribution in [1.29, 1.82) is 0 Å². The second-order valence-corrected chi connectivity index (χ2v) is 13.7. The third-order valence-corrected chi connectivity index (χ3v) is 9.36. The molecule has 0 bridgehead atoms. The number of nitrogens with one attached hydrogen (secondary N) is 1. The van der Waals surface area contributed by atoms with Crippen molar-refractivity contribution in [1.82, 2.24) is 5.32 Å². The topological polar surface area (TPSA) is 149 Å². The average molecular weight is 672 g/mol. The molecule has 9 nitrogen and oxygen atoms in total. The van der Waals surface area contributed by atoms with E-state index in [2.05, 4.69) is 19.2 Å². The third kappa shape index (κ3) is 21.6. The van der Waals surface area contributed by atoms with Crippen molar-refractivity contribution in [2.75, 3.05) is 13.2 Å². The summed E-state index contributed by atoms with van der Waals surface area (Å²) in [6.45, 7) is 3.74. The molecule has 0 aromatic rings. The fourth-order valence-electron chi connectivity index (χ4n) is 6.15. The van der Waals surface area contributed by atoms with Gasteiger partial charge in [-0.05, 0) is 19.3 Å². The lowest BCUT2D eigenvalue weighted by molar-refractivity contribution is -0.302. The minimum atomic E-state index is -1.56. The van der Waals surface area contributed by atoms with Crippen molar-refractivity contribution in [3.63, 3.8) is 0 Å². The SMILES string of the molecule is CCCCCCCCCCCCCC=CC(O)C(COC1OC(CO)C(O)C(O)C1O)NC(=O)CCCCCCCCCCCCC. The summed E-state index contributed by atoms with van der Waals surface area (Å²) in [6, 6.07) is -0.795. The molecule has 0 radical (unpaired) electrons. The molecular weight excluding hydrogens is 598 g/mol. The molecule has 6 N–H and O–H groups in total. The van der Waals surface area contributed by atoms with E-state index in [-0.39, 0.29) is 12.5 Å². The molecule has 1 aliphatic rings. The maximum Gasteiger partial charge on any atom is 0.220 e. The number of ether oxygens (including phenoxy) is 2. The Kier molecular flexibility index (Phi) is 27.9. The molecule has 7 unspecified atom stereocenters. The Labute approximate surface area is 286 Å². The first-order chi connectivity index (χ1) is 22.8. The zero-order valence-corrected chi connectivity index (χ0v) is 30.0. The van der Waals surface area contributed by atoms with Crippen LogP contribution >= 0.6 is 0 Å². The van der Waals surface area contributed by atoms with Crippen molar-refractivity contribution in [2.24, 2.45) is 0 Å². The summed E-state index contributed by atoms with van der Waals surface area (Å²) >= 11 is 0. The normalized spacial score (nSPS) is 22.9. The molecule has 0 aromatic heterocycles. The number of carbonyl (C=O) groups is 1. The van der Waals surface area contributed by atoms with E-state index in [1.54, 1.807) is 6.08 Å². The number of hydrogen-bond donors (Lipinski definition) is 6. The number of unbranched alkanes of at least 4 members (excludes halogenated alkanes) is 21. The van der Waals surface area contributed by atoms with Gasteiger partial charge in [-0.1, -0.05) is 154 Å². The van der Waals surface area contributed by atoms with E-state index < -0.39 is 49.5 Å². The van der Waals surface area contributed by atoms with Crippen LogP contribution in [0.3, 0.4) is 0 Å². The van der Waals surface area contributed by atoms with Crippen LogP contribution in [-0.2, 0) is 14.3 Å². The number of aliphatic hydroxyl groups excluding tert-OH is 5. The van der Waals surface area contributed by atoms with E-state index in [4.69, 9.17) is 9.47 Å². The Morgan fingerprint density at radius 3 is 1.66 bits per heavy atom. The van der Waals surface area contributed by atoms with Crippen LogP contribution in [0, 0.1) is 0 Å². The summed E-state index contributed by atoms with van der Waals surface area (Å²) in [6.07, 6.45) is 23.9. The van der Waals surface area contributed by atoms with E-state index in [1.807, 2.05) is 6.08 Å². The maximum atomic E-state index is 12.8. The predicted molar refractivity (Wildman–Crippen MR) is 189 cm³/mol. The Morgan fingerprint density at radius 2 is 1.17 bits per heavy atom. The molecule has 9 heteroatoms. The Balaban J connectivity index is 2.46. The van der Waals surface area contributed by atoms with Crippen LogP contribution in [0.4, 0.5) is 0 Å². The molecule has 1 rings (SSSR count). The maximum absolute atomic E-state index is 12.8. The fourth-order valence-corrected chi connectivity index (χ4v) is 6.15. The van der Waals surface area contributed by atoms with Crippen molar-refractivity contribution < 1.29 is 39.8 Å². The second-order valence-electron chi connectivity index (χ2n) is 13.7. The van der Waals surface area contributed by atoms with Crippen LogP contribution in [0.15, 0.2) is 12.2 Å². The lowest BCUT2D eigenvalue weighted by atomic mass is 9.99. The highest BCUT2D eigenvalue weighted by Crippen LogP contribution is 2.22. The van der Waals surface area contributed by atoms with Gasteiger partial charge in [0, 0.05) is 6.42 Å². The quantitative estimate of drug-likeness (QED) is 0.0357. The first-order valence-corrected chi connectivity index (χ1v) is 19.4. The van der Waals surface area contributed by atoms with Gasteiger partial charge in [0.2, 0.25) is 5.91 Å². The minimum Gasteiger partial charge on any atom is -0.394 e. The molecule has 1 fully saturated rings. The number of allylic oxidation sites excluding steroid dienone is 1. The van der Waals surface area contributed by atoms with E-state index in [1.165, 1.54) is 109 Å². The van der Waals surface area contributed by atoms with Crippen molar-refractivity contribution in [3.8, 4) is 0 Å².